The van der Waals surface area contributed by atoms with E-state index in [1.807, 2.05) is 11.8 Å². The van der Waals surface area contributed by atoms with Crippen LogP contribution in [0.4, 0.5) is 23.4 Å². The van der Waals surface area contributed by atoms with Crippen LogP contribution < -0.4 is 4.90 Å². The Labute approximate surface area is 256 Å². The third-order valence-corrected chi connectivity index (χ3v) is 10.5. The van der Waals surface area contributed by atoms with Crippen molar-refractivity contribution >= 4 is 27.5 Å². The van der Waals surface area contributed by atoms with Crippen LogP contribution in [-0.2, 0) is 27.5 Å². The molecule has 45 heavy (non-hydrogen) atoms. The van der Waals surface area contributed by atoms with Crippen molar-refractivity contribution in [2.45, 2.75) is 69.1 Å². The number of aryl methyl sites for hydroxylation is 2. The van der Waals surface area contributed by atoms with Crippen LogP contribution in [0.1, 0.15) is 65.2 Å². The highest BCUT2D eigenvalue weighted by atomic mass is 32.2. The summed E-state index contributed by atoms with van der Waals surface area (Å²) in [5.41, 5.74) is 2.66. The van der Waals surface area contributed by atoms with E-state index in [9.17, 15) is 35.9 Å². The first kappa shape index (κ1) is 30.9. The second-order valence-corrected chi connectivity index (χ2v) is 13.5. The molecule has 0 unspecified atom stereocenters. The largest absolute Gasteiger partial charge is 0.481 e. The van der Waals surface area contributed by atoms with Crippen molar-refractivity contribution in [2.24, 2.45) is 0 Å². The molecule has 0 aliphatic carbocycles. The highest BCUT2D eigenvalue weighted by Crippen LogP contribution is 2.38. The fourth-order valence-corrected chi connectivity index (χ4v) is 8.05. The lowest BCUT2D eigenvalue weighted by Gasteiger charge is -2.36. The van der Waals surface area contributed by atoms with Gasteiger partial charge in [-0.15, -0.1) is 10.2 Å². The van der Waals surface area contributed by atoms with Gasteiger partial charge < -0.3 is 10.0 Å². The number of hydrogen-bond acceptors (Lipinski definition) is 7. The topological polar surface area (TPSA) is 121 Å². The summed E-state index contributed by atoms with van der Waals surface area (Å²) in [4.78, 5) is 17.9. The number of anilines is 1. The van der Waals surface area contributed by atoms with Crippen molar-refractivity contribution in [3.8, 4) is 0 Å². The van der Waals surface area contributed by atoms with Crippen LogP contribution in [0.3, 0.4) is 0 Å². The Bertz CT molecular complexity index is 1910. The number of hydrogen-bond donors (Lipinski definition) is 1. The minimum Gasteiger partial charge on any atom is -0.481 e. The van der Waals surface area contributed by atoms with Crippen molar-refractivity contribution < 1.29 is 35.9 Å². The SMILES string of the molecule is Cc1ccc([C@H](CC(=O)O)c2ccn3c(C(F)(F)F)nnc3c2C)cc1CN1C[C@@H]2CCCCN2c2ncc(F)cc2S1(=O)=O. The molecular weight excluding hydrogens is 616 g/mol. The number of sulfonamides is 1. The average molecular weight is 647 g/mol. The van der Waals surface area contributed by atoms with Gasteiger partial charge in [0.15, 0.2) is 5.65 Å². The second-order valence-electron chi connectivity index (χ2n) is 11.6. The Morgan fingerprint density at radius 1 is 1.13 bits per heavy atom. The number of alkyl halides is 3. The molecule has 10 nitrogen and oxygen atoms in total. The van der Waals surface area contributed by atoms with Crippen LogP contribution in [0, 0.1) is 19.7 Å². The number of pyridine rings is 2. The lowest BCUT2D eigenvalue weighted by atomic mass is 9.85. The molecular formula is C30H30F4N6O4S. The normalized spacial score (nSPS) is 19.2. The summed E-state index contributed by atoms with van der Waals surface area (Å²) in [6, 6.07) is 7.51. The van der Waals surface area contributed by atoms with Gasteiger partial charge in [0, 0.05) is 37.8 Å². The fraction of sp³-hybridized carbons (Fsp3) is 0.400. The standard InChI is InChI=1S/C30H30F4N6O4S/c1-17-6-7-19(24(13-26(41)42)23-8-10-40-27(18(23)2)36-37-29(40)30(32,33)34)11-20(17)15-38-16-22-5-3-4-9-39(22)28-25(45(38,43)44)12-21(31)14-35-28/h6-8,10-12,14,22,24H,3-5,9,13,15-16H2,1-2H3,(H,41,42)/t22-,24-/m0/s1. The molecule has 3 aromatic heterocycles. The zero-order valence-corrected chi connectivity index (χ0v) is 25.2. The molecule has 2 aliphatic heterocycles. The minimum atomic E-state index is -4.73. The smallest absolute Gasteiger partial charge is 0.452 e. The number of halogens is 4. The number of carboxylic acids is 1. The van der Waals surface area contributed by atoms with Gasteiger partial charge in [0.2, 0.25) is 15.8 Å². The number of fused-ring (bicyclic) bond motifs is 4. The van der Waals surface area contributed by atoms with Gasteiger partial charge in [-0.05, 0) is 73.1 Å². The number of piperidine rings is 1. The molecule has 6 rings (SSSR count). The molecule has 1 N–H and O–H groups in total. The summed E-state index contributed by atoms with van der Waals surface area (Å²) in [6.07, 6.45) is -0.397. The van der Waals surface area contributed by atoms with Gasteiger partial charge in [0.25, 0.3) is 0 Å². The van der Waals surface area contributed by atoms with E-state index >= 15 is 0 Å². The summed E-state index contributed by atoms with van der Waals surface area (Å²) in [5.74, 6) is -3.62. The molecule has 1 fully saturated rings. The molecule has 0 spiro atoms. The highest BCUT2D eigenvalue weighted by molar-refractivity contribution is 7.89. The number of nitrogens with zero attached hydrogens (tertiary/aromatic N) is 6. The highest BCUT2D eigenvalue weighted by Gasteiger charge is 2.40. The first-order chi connectivity index (χ1) is 21.3. The van der Waals surface area contributed by atoms with Gasteiger partial charge in [0.1, 0.15) is 16.5 Å². The second kappa shape index (κ2) is 11.4. The maximum atomic E-state index is 14.3. The number of aliphatic carboxylic acids is 1. The minimum absolute atomic E-state index is 0.0465. The van der Waals surface area contributed by atoms with Crippen LogP contribution in [0.2, 0.25) is 0 Å². The van der Waals surface area contributed by atoms with Crippen molar-refractivity contribution in [1.29, 1.82) is 0 Å². The quantitative estimate of drug-likeness (QED) is 0.289. The molecule has 2 atom stereocenters. The van der Waals surface area contributed by atoms with E-state index in [1.165, 1.54) is 16.6 Å². The first-order valence-corrected chi connectivity index (χ1v) is 15.8. The molecule has 0 amide bonds. The van der Waals surface area contributed by atoms with Crippen LogP contribution in [-0.4, -0.2) is 62.5 Å². The van der Waals surface area contributed by atoms with E-state index in [-0.39, 0.29) is 41.9 Å². The number of rotatable bonds is 6. The molecule has 0 saturated carbocycles. The van der Waals surface area contributed by atoms with Gasteiger partial charge >= 0.3 is 12.1 Å². The van der Waals surface area contributed by atoms with Crippen LogP contribution in [0.25, 0.3) is 5.65 Å². The molecule has 238 valence electrons. The molecule has 0 radical (unpaired) electrons. The summed E-state index contributed by atoms with van der Waals surface area (Å²) >= 11 is 0. The van der Waals surface area contributed by atoms with E-state index in [4.69, 9.17) is 0 Å². The Morgan fingerprint density at radius 2 is 1.91 bits per heavy atom. The maximum absolute atomic E-state index is 14.3. The molecule has 15 heteroatoms. The average Bonchev–Trinajstić information content (AvgIpc) is 3.40. The van der Waals surface area contributed by atoms with E-state index in [2.05, 4.69) is 15.2 Å². The van der Waals surface area contributed by atoms with Crippen LogP contribution in [0.5, 0.6) is 0 Å². The summed E-state index contributed by atoms with van der Waals surface area (Å²) < 4.78 is 84.8. The summed E-state index contributed by atoms with van der Waals surface area (Å²) in [6.45, 7) is 4.08. The molecule has 2 aliphatic rings. The number of benzene rings is 1. The van der Waals surface area contributed by atoms with Gasteiger partial charge in [0.05, 0.1) is 12.6 Å². The molecule has 5 heterocycles. The monoisotopic (exact) mass is 646 g/mol. The van der Waals surface area contributed by atoms with Gasteiger partial charge in [-0.2, -0.15) is 17.5 Å². The number of carboxylic acid groups (broad SMARTS) is 1. The Balaban J connectivity index is 1.41. The summed E-state index contributed by atoms with van der Waals surface area (Å²) in [5, 5.41) is 16.9. The summed E-state index contributed by atoms with van der Waals surface area (Å²) in [7, 11) is -4.17. The first-order valence-electron chi connectivity index (χ1n) is 14.4. The van der Waals surface area contributed by atoms with Gasteiger partial charge in [-0.1, -0.05) is 18.2 Å². The van der Waals surface area contributed by atoms with E-state index in [0.29, 0.717) is 28.8 Å². The van der Waals surface area contributed by atoms with Gasteiger partial charge in [-0.25, -0.2) is 17.8 Å². The predicted octanol–water partition coefficient (Wildman–Crippen LogP) is 5.07. The van der Waals surface area contributed by atoms with E-state index < -0.39 is 39.7 Å². The number of aromatic nitrogens is 4. The molecule has 1 aromatic carbocycles. The van der Waals surface area contributed by atoms with Crippen LogP contribution >= 0.6 is 0 Å². The Kier molecular flexibility index (Phi) is 7.80. The van der Waals surface area contributed by atoms with E-state index in [0.717, 1.165) is 41.5 Å². The third-order valence-electron chi connectivity index (χ3n) is 8.73. The van der Waals surface area contributed by atoms with Crippen molar-refractivity contribution in [2.75, 3.05) is 18.0 Å². The van der Waals surface area contributed by atoms with Gasteiger partial charge in [-0.3, -0.25) is 9.20 Å². The Hall–Kier alpha value is -4.11. The Morgan fingerprint density at radius 3 is 2.64 bits per heavy atom. The van der Waals surface area contributed by atoms with Crippen molar-refractivity contribution in [1.82, 2.24) is 23.9 Å². The lowest BCUT2D eigenvalue weighted by molar-refractivity contribution is -0.145. The predicted molar refractivity (Wildman–Crippen MR) is 155 cm³/mol. The zero-order chi connectivity index (χ0) is 32.3. The van der Waals surface area contributed by atoms with Crippen molar-refractivity contribution in [3.63, 3.8) is 0 Å². The molecule has 0 bridgehead atoms. The third kappa shape index (κ3) is 5.63. The number of carbonyl (C=O) groups is 1. The lowest BCUT2D eigenvalue weighted by Crippen LogP contribution is -2.45. The van der Waals surface area contributed by atoms with E-state index in [1.54, 1.807) is 25.1 Å². The molecule has 1 saturated heterocycles. The molecule has 4 aromatic rings. The van der Waals surface area contributed by atoms with Crippen LogP contribution in [0.15, 0.2) is 47.6 Å². The zero-order valence-electron chi connectivity index (χ0n) is 24.4. The maximum Gasteiger partial charge on any atom is 0.452 e. The fourth-order valence-electron chi connectivity index (χ4n) is 6.43. The van der Waals surface area contributed by atoms with Crippen molar-refractivity contribution in [3.05, 3.63) is 82.2 Å².